The van der Waals surface area contributed by atoms with Crippen LogP contribution in [0.2, 0.25) is 10.2 Å². The summed E-state index contributed by atoms with van der Waals surface area (Å²) in [4.78, 5) is 30.8. The fraction of sp³-hybridized carbons (Fsp3) is 0.345. The Labute approximate surface area is 244 Å². The number of aromatic nitrogens is 2. The van der Waals surface area contributed by atoms with Crippen molar-refractivity contribution in [2.45, 2.75) is 5.16 Å². The molecule has 0 saturated carbocycles. The van der Waals surface area contributed by atoms with Gasteiger partial charge >= 0.3 is 0 Å². The van der Waals surface area contributed by atoms with Crippen molar-refractivity contribution in [1.29, 1.82) is 0 Å². The minimum absolute atomic E-state index is 0.109. The molecule has 0 unspecified atom stereocenters. The average molecular weight is 584 g/mol. The molecule has 204 valence electrons. The SMILES string of the molecule is O=C(CSc1nc(Cl)cc(N2CCN(c3ccccc3Cl)CC2)n1)N1CCN(CC=Cc2ccccc2)CC1. The van der Waals surface area contributed by atoms with Crippen LogP contribution in [0.25, 0.3) is 6.08 Å². The van der Waals surface area contributed by atoms with Crippen molar-refractivity contribution >= 4 is 58.5 Å². The summed E-state index contributed by atoms with van der Waals surface area (Å²) in [5, 5.41) is 1.69. The highest BCUT2D eigenvalue weighted by molar-refractivity contribution is 7.99. The van der Waals surface area contributed by atoms with Crippen LogP contribution in [-0.2, 0) is 4.79 Å². The van der Waals surface area contributed by atoms with E-state index >= 15 is 0 Å². The van der Waals surface area contributed by atoms with E-state index < -0.39 is 0 Å². The minimum atomic E-state index is 0.109. The van der Waals surface area contributed by atoms with Gasteiger partial charge in [-0.25, -0.2) is 9.97 Å². The van der Waals surface area contributed by atoms with E-state index in [1.165, 1.54) is 17.3 Å². The number of carbonyl (C=O) groups excluding carboxylic acids is 1. The molecule has 1 aromatic heterocycles. The second kappa shape index (κ2) is 13.5. The highest BCUT2D eigenvalue weighted by Crippen LogP contribution is 2.28. The molecule has 0 aliphatic carbocycles. The molecule has 0 radical (unpaired) electrons. The third-order valence-electron chi connectivity index (χ3n) is 6.98. The first-order chi connectivity index (χ1) is 19.0. The van der Waals surface area contributed by atoms with Crippen molar-refractivity contribution in [3.63, 3.8) is 0 Å². The van der Waals surface area contributed by atoms with Crippen LogP contribution in [0.4, 0.5) is 11.5 Å². The number of nitrogens with zero attached hydrogens (tertiary/aromatic N) is 6. The number of anilines is 2. The highest BCUT2D eigenvalue weighted by Gasteiger charge is 2.23. The Morgan fingerprint density at radius 1 is 0.846 bits per heavy atom. The Morgan fingerprint density at radius 2 is 1.54 bits per heavy atom. The van der Waals surface area contributed by atoms with Crippen LogP contribution in [0.3, 0.4) is 0 Å². The molecule has 0 bridgehead atoms. The van der Waals surface area contributed by atoms with Crippen LogP contribution in [0, 0.1) is 0 Å². The number of thioether (sulfide) groups is 1. The zero-order chi connectivity index (χ0) is 27.0. The number of hydrogen-bond donors (Lipinski definition) is 0. The summed E-state index contributed by atoms with van der Waals surface area (Å²) in [5.74, 6) is 1.20. The zero-order valence-electron chi connectivity index (χ0n) is 21.8. The topological polar surface area (TPSA) is 55.8 Å². The fourth-order valence-corrected chi connectivity index (χ4v) is 6.04. The van der Waals surface area contributed by atoms with Gasteiger partial charge in [-0.3, -0.25) is 9.69 Å². The summed E-state index contributed by atoms with van der Waals surface area (Å²) < 4.78 is 0. The van der Waals surface area contributed by atoms with Crippen molar-refractivity contribution in [3.8, 4) is 0 Å². The molecule has 5 rings (SSSR count). The molecule has 1 amide bonds. The molecule has 2 saturated heterocycles. The second-order valence-electron chi connectivity index (χ2n) is 9.54. The van der Waals surface area contributed by atoms with Gasteiger partial charge in [0.2, 0.25) is 5.91 Å². The fourth-order valence-electron chi connectivity index (χ4n) is 4.80. The van der Waals surface area contributed by atoms with Crippen LogP contribution in [0.1, 0.15) is 5.56 Å². The molecular weight excluding hydrogens is 551 g/mol. The average Bonchev–Trinajstić information content (AvgIpc) is 2.97. The van der Waals surface area contributed by atoms with Crippen LogP contribution < -0.4 is 9.80 Å². The van der Waals surface area contributed by atoms with Gasteiger partial charge in [0.05, 0.1) is 16.5 Å². The predicted molar refractivity (Wildman–Crippen MR) is 162 cm³/mol. The van der Waals surface area contributed by atoms with Crippen LogP contribution in [0.5, 0.6) is 0 Å². The third kappa shape index (κ3) is 7.66. The third-order valence-corrected chi connectivity index (χ3v) is 8.33. The molecule has 7 nitrogen and oxygen atoms in total. The van der Waals surface area contributed by atoms with Crippen molar-refractivity contribution in [2.75, 3.05) is 74.5 Å². The Hall–Kier alpha value is -2.78. The van der Waals surface area contributed by atoms with E-state index in [9.17, 15) is 4.79 Å². The van der Waals surface area contributed by atoms with Crippen LogP contribution in [-0.4, -0.2) is 90.3 Å². The van der Waals surface area contributed by atoms with E-state index in [4.69, 9.17) is 28.2 Å². The molecule has 0 N–H and O–H groups in total. The largest absolute Gasteiger partial charge is 0.367 e. The number of para-hydroxylation sites is 1. The molecule has 3 aromatic rings. The number of benzene rings is 2. The highest BCUT2D eigenvalue weighted by atomic mass is 35.5. The monoisotopic (exact) mass is 582 g/mol. The maximum absolute atomic E-state index is 12.9. The van der Waals surface area contributed by atoms with E-state index in [1.54, 1.807) is 6.07 Å². The van der Waals surface area contributed by atoms with E-state index in [0.29, 0.717) is 16.1 Å². The van der Waals surface area contributed by atoms with Gasteiger partial charge in [-0.1, -0.05) is 89.6 Å². The van der Waals surface area contributed by atoms with E-state index in [2.05, 4.69) is 44.0 Å². The Balaban J connectivity index is 1.08. The van der Waals surface area contributed by atoms with E-state index in [1.807, 2.05) is 47.4 Å². The lowest BCUT2D eigenvalue weighted by molar-refractivity contribution is -0.130. The van der Waals surface area contributed by atoms with Crippen molar-refractivity contribution < 1.29 is 4.79 Å². The quantitative estimate of drug-likeness (QED) is 0.209. The van der Waals surface area contributed by atoms with E-state index in [-0.39, 0.29) is 5.91 Å². The van der Waals surface area contributed by atoms with Gasteiger partial charge in [0, 0.05) is 65.0 Å². The van der Waals surface area contributed by atoms with Gasteiger partial charge in [0.25, 0.3) is 0 Å². The summed E-state index contributed by atoms with van der Waals surface area (Å²) in [5.41, 5.74) is 2.26. The van der Waals surface area contributed by atoms with Crippen LogP contribution >= 0.6 is 35.0 Å². The number of piperazine rings is 2. The molecule has 0 spiro atoms. The molecule has 10 heteroatoms. The Morgan fingerprint density at radius 3 is 2.28 bits per heavy atom. The number of rotatable bonds is 8. The summed E-state index contributed by atoms with van der Waals surface area (Å²) in [6, 6.07) is 20.0. The van der Waals surface area contributed by atoms with Gasteiger partial charge in [-0.15, -0.1) is 0 Å². The maximum Gasteiger partial charge on any atom is 0.233 e. The number of amides is 1. The Kier molecular flexibility index (Phi) is 9.63. The minimum Gasteiger partial charge on any atom is -0.367 e. The van der Waals surface area contributed by atoms with Gasteiger partial charge in [-0.05, 0) is 17.7 Å². The second-order valence-corrected chi connectivity index (χ2v) is 11.3. The first kappa shape index (κ1) is 27.8. The van der Waals surface area contributed by atoms with Gasteiger partial charge < -0.3 is 14.7 Å². The smallest absolute Gasteiger partial charge is 0.233 e. The molecule has 39 heavy (non-hydrogen) atoms. The van der Waals surface area contributed by atoms with Crippen LogP contribution in [0.15, 0.2) is 71.9 Å². The molecule has 2 aliphatic heterocycles. The molecule has 2 aromatic carbocycles. The molecule has 3 heterocycles. The number of carbonyl (C=O) groups is 1. The zero-order valence-corrected chi connectivity index (χ0v) is 24.1. The molecular formula is C29H32Cl2N6OS. The summed E-state index contributed by atoms with van der Waals surface area (Å²) in [7, 11) is 0. The van der Waals surface area contributed by atoms with Crippen molar-refractivity contribution in [3.05, 3.63) is 82.5 Å². The van der Waals surface area contributed by atoms with Crippen molar-refractivity contribution in [2.24, 2.45) is 0 Å². The lowest BCUT2D eigenvalue weighted by Gasteiger charge is -2.37. The lowest BCUT2D eigenvalue weighted by atomic mass is 10.2. The normalized spacial score (nSPS) is 16.7. The maximum atomic E-state index is 12.9. The van der Waals surface area contributed by atoms with Gasteiger partial charge in [-0.2, -0.15) is 0 Å². The van der Waals surface area contributed by atoms with Crippen molar-refractivity contribution in [1.82, 2.24) is 19.8 Å². The van der Waals surface area contributed by atoms with Gasteiger partial charge in [0.15, 0.2) is 5.16 Å². The first-order valence-corrected chi connectivity index (χ1v) is 14.9. The predicted octanol–water partition coefficient (Wildman–Crippen LogP) is 5.06. The number of hydrogen-bond acceptors (Lipinski definition) is 7. The standard InChI is InChI=1S/C29H32Cl2N6OS/c30-24-10-4-5-11-25(24)35-17-19-36(20-18-35)27-21-26(31)32-29(33-27)39-22-28(38)37-15-13-34(14-16-37)12-6-9-23-7-2-1-3-8-23/h1-11,21H,12-20,22H2. The molecule has 2 aliphatic rings. The molecule has 0 atom stereocenters. The lowest BCUT2D eigenvalue weighted by Crippen LogP contribution is -2.49. The summed E-state index contributed by atoms with van der Waals surface area (Å²) in [6.45, 7) is 7.35. The summed E-state index contributed by atoms with van der Waals surface area (Å²) >= 11 is 14.1. The first-order valence-electron chi connectivity index (χ1n) is 13.2. The number of halogens is 2. The van der Waals surface area contributed by atoms with E-state index in [0.717, 1.165) is 75.4 Å². The van der Waals surface area contributed by atoms with Gasteiger partial charge in [0.1, 0.15) is 11.0 Å². The Bertz CT molecular complexity index is 1280. The summed E-state index contributed by atoms with van der Waals surface area (Å²) in [6.07, 6.45) is 4.33. The molecule has 2 fully saturated rings.